The lowest BCUT2D eigenvalue weighted by Gasteiger charge is -2.24. The number of nitrogen functional groups attached to an aromatic ring is 1. The van der Waals surface area contributed by atoms with E-state index in [4.69, 9.17) is 17.3 Å². The minimum Gasteiger partial charge on any atom is -0.384 e. The molecule has 0 radical (unpaired) electrons. The number of aliphatic hydroxyl groups is 1. The van der Waals surface area contributed by atoms with Crippen LogP contribution >= 0.6 is 11.6 Å². The van der Waals surface area contributed by atoms with Gasteiger partial charge in [0.25, 0.3) is 0 Å². The summed E-state index contributed by atoms with van der Waals surface area (Å²) in [5.74, 6) is 0.359. The molecule has 1 unspecified atom stereocenters. The fourth-order valence-electron chi connectivity index (χ4n) is 2.02. The van der Waals surface area contributed by atoms with Crippen LogP contribution in [0.15, 0.2) is 12.3 Å². The number of hydrogen-bond acceptors (Lipinski definition) is 4. The summed E-state index contributed by atoms with van der Waals surface area (Å²) in [6.45, 7) is 1.42. The number of nitrogens with zero attached hydrogens (tertiary/aromatic N) is 2. The van der Waals surface area contributed by atoms with Gasteiger partial charge in [0.15, 0.2) is 0 Å². The molecule has 5 heteroatoms. The summed E-state index contributed by atoms with van der Waals surface area (Å²) in [7, 11) is 1.96. The Bertz CT molecular complexity index is 385. The smallest absolute Gasteiger partial charge is 0.129 e. The Morgan fingerprint density at radius 2 is 2.40 bits per heavy atom. The average Bonchev–Trinajstić information content (AvgIpc) is 2.52. The third-order valence-corrected chi connectivity index (χ3v) is 3.03. The van der Waals surface area contributed by atoms with Gasteiger partial charge >= 0.3 is 0 Å². The molecule has 0 amide bonds. The van der Waals surface area contributed by atoms with Gasteiger partial charge in [-0.3, -0.25) is 0 Å². The normalized spacial score (nSPS) is 27.1. The highest BCUT2D eigenvalue weighted by Crippen LogP contribution is 2.34. The maximum absolute atomic E-state index is 10.4. The van der Waals surface area contributed by atoms with Crippen molar-refractivity contribution in [1.29, 1.82) is 0 Å². The van der Waals surface area contributed by atoms with E-state index in [2.05, 4.69) is 9.88 Å². The van der Waals surface area contributed by atoms with Crippen LogP contribution in [0.3, 0.4) is 0 Å². The quantitative estimate of drug-likeness (QED) is 0.747. The van der Waals surface area contributed by atoms with E-state index in [-0.39, 0.29) is 0 Å². The van der Waals surface area contributed by atoms with Crippen LogP contribution in [0.2, 0.25) is 5.02 Å². The second-order valence-corrected chi connectivity index (χ2v) is 4.54. The predicted octanol–water partition coefficient (Wildman–Crippen LogP) is 0.840. The van der Waals surface area contributed by atoms with Crippen molar-refractivity contribution in [3.63, 3.8) is 0 Å². The standard InChI is InChI=1S/C10H14ClN3O/c1-14-3-2-10(15,6-14)8-4-7(11)5-13-9(8)12/h4-5,15H,2-3,6H2,1H3,(H2,12,13). The number of β-amino-alcohol motifs (C(OH)–C–C–N with tert-alkyl or cyclic N) is 1. The molecule has 0 bridgehead atoms. The van der Waals surface area contributed by atoms with E-state index in [9.17, 15) is 5.11 Å². The van der Waals surface area contributed by atoms with Crippen LogP contribution in [0.4, 0.5) is 5.82 Å². The van der Waals surface area contributed by atoms with E-state index in [1.54, 1.807) is 6.07 Å². The molecule has 82 valence electrons. The molecule has 2 heterocycles. The van der Waals surface area contributed by atoms with Crippen LogP contribution in [0.25, 0.3) is 0 Å². The third kappa shape index (κ3) is 1.93. The van der Waals surface area contributed by atoms with Crippen LogP contribution in [0.1, 0.15) is 12.0 Å². The van der Waals surface area contributed by atoms with Crippen molar-refractivity contribution in [3.8, 4) is 0 Å². The molecular weight excluding hydrogens is 214 g/mol. The number of halogens is 1. The van der Waals surface area contributed by atoms with Crippen molar-refractivity contribution in [2.75, 3.05) is 25.9 Å². The maximum Gasteiger partial charge on any atom is 0.129 e. The number of hydrogen-bond donors (Lipinski definition) is 2. The van der Waals surface area contributed by atoms with Gasteiger partial charge in [-0.2, -0.15) is 0 Å². The summed E-state index contributed by atoms with van der Waals surface area (Å²) >= 11 is 5.85. The summed E-state index contributed by atoms with van der Waals surface area (Å²) in [5, 5.41) is 10.9. The zero-order valence-electron chi connectivity index (χ0n) is 8.57. The maximum atomic E-state index is 10.4. The van der Waals surface area contributed by atoms with Gasteiger partial charge in [0.05, 0.1) is 5.02 Å². The Labute approximate surface area is 93.7 Å². The molecule has 1 aliphatic heterocycles. The summed E-state index contributed by atoms with van der Waals surface area (Å²) in [5.41, 5.74) is 5.48. The van der Waals surface area contributed by atoms with Crippen LogP contribution in [-0.4, -0.2) is 35.1 Å². The lowest BCUT2D eigenvalue weighted by Crippen LogP contribution is -2.30. The number of anilines is 1. The zero-order valence-corrected chi connectivity index (χ0v) is 9.33. The molecule has 1 fully saturated rings. The highest BCUT2D eigenvalue weighted by molar-refractivity contribution is 6.30. The molecular formula is C10H14ClN3O. The number of aromatic nitrogens is 1. The molecule has 1 saturated heterocycles. The third-order valence-electron chi connectivity index (χ3n) is 2.83. The van der Waals surface area contributed by atoms with E-state index < -0.39 is 5.60 Å². The molecule has 15 heavy (non-hydrogen) atoms. The van der Waals surface area contributed by atoms with Crippen molar-refractivity contribution in [3.05, 3.63) is 22.8 Å². The number of nitrogens with two attached hydrogens (primary N) is 1. The first-order chi connectivity index (χ1) is 7.01. The Morgan fingerprint density at radius 3 is 3.00 bits per heavy atom. The van der Waals surface area contributed by atoms with Crippen molar-refractivity contribution < 1.29 is 5.11 Å². The van der Waals surface area contributed by atoms with E-state index in [0.717, 1.165) is 6.54 Å². The van der Waals surface area contributed by atoms with Gasteiger partial charge in [-0.15, -0.1) is 0 Å². The molecule has 4 nitrogen and oxygen atoms in total. The number of likely N-dealkylation sites (tertiary alicyclic amines) is 1. The highest BCUT2D eigenvalue weighted by Gasteiger charge is 2.38. The predicted molar refractivity (Wildman–Crippen MR) is 59.7 cm³/mol. The summed E-state index contributed by atoms with van der Waals surface area (Å²) in [6.07, 6.45) is 2.15. The van der Waals surface area contributed by atoms with Crippen molar-refractivity contribution >= 4 is 17.4 Å². The van der Waals surface area contributed by atoms with Gasteiger partial charge in [-0.1, -0.05) is 11.6 Å². The first kappa shape index (κ1) is 10.7. The molecule has 0 spiro atoms. The summed E-state index contributed by atoms with van der Waals surface area (Å²) in [6, 6.07) is 1.70. The van der Waals surface area contributed by atoms with Crippen molar-refractivity contribution in [2.45, 2.75) is 12.0 Å². The number of likely N-dealkylation sites (N-methyl/N-ethyl adjacent to an activating group) is 1. The van der Waals surface area contributed by atoms with Gasteiger partial charge < -0.3 is 15.7 Å². The molecule has 1 aromatic heterocycles. The molecule has 0 saturated carbocycles. The van der Waals surface area contributed by atoms with Gasteiger partial charge in [0, 0.05) is 24.8 Å². The second kappa shape index (κ2) is 3.63. The van der Waals surface area contributed by atoms with Crippen LogP contribution in [0, 0.1) is 0 Å². The lowest BCUT2D eigenvalue weighted by atomic mass is 9.93. The molecule has 1 atom stereocenters. The van der Waals surface area contributed by atoms with Crippen LogP contribution < -0.4 is 5.73 Å². The Hall–Kier alpha value is -0.840. The van der Waals surface area contributed by atoms with Crippen LogP contribution in [-0.2, 0) is 5.60 Å². The molecule has 0 aliphatic carbocycles. The molecule has 1 aromatic rings. The summed E-state index contributed by atoms with van der Waals surface area (Å²) < 4.78 is 0. The van der Waals surface area contributed by atoms with Crippen LogP contribution in [0.5, 0.6) is 0 Å². The minimum absolute atomic E-state index is 0.359. The molecule has 2 rings (SSSR count). The number of rotatable bonds is 1. The first-order valence-corrected chi connectivity index (χ1v) is 5.21. The van der Waals surface area contributed by atoms with E-state index in [0.29, 0.717) is 29.4 Å². The topological polar surface area (TPSA) is 62.4 Å². The monoisotopic (exact) mass is 227 g/mol. The summed E-state index contributed by atoms with van der Waals surface area (Å²) in [4.78, 5) is 6.02. The Balaban J connectivity index is 2.40. The van der Waals surface area contributed by atoms with Gasteiger partial charge in [0.2, 0.25) is 0 Å². The van der Waals surface area contributed by atoms with E-state index in [1.165, 1.54) is 6.20 Å². The molecule has 3 N–H and O–H groups in total. The SMILES string of the molecule is CN1CCC(O)(c2cc(Cl)cnc2N)C1. The number of pyridine rings is 1. The largest absolute Gasteiger partial charge is 0.384 e. The molecule has 0 aromatic carbocycles. The van der Waals surface area contributed by atoms with Crippen molar-refractivity contribution in [2.24, 2.45) is 0 Å². The van der Waals surface area contributed by atoms with E-state index >= 15 is 0 Å². The van der Waals surface area contributed by atoms with Gasteiger partial charge in [-0.05, 0) is 19.5 Å². The Morgan fingerprint density at radius 1 is 1.67 bits per heavy atom. The molecule has 1 aliphatic rings. The van der Waals surface area contributed by atoms with Gasteiger partial charge in [0.1, 0.15) is 11.4 Å². The zero-order chi connectivity index (χ0) is 11.1. The Kier molecular flexibility index (Phi) is 2.58. The van der Waals surface area contributed by atoms with E-state index in [1.807, 2.05) is 7.05 Å². The van der Waals surface area contributed by atoms with Crippen molar-refractivity contribution in [1.82, 2.24) is 9.88 Å². The fourth-order valence-corrected chi connectivity index (χ4v) is 2.18. The average molecular weight is 228 g/mol. The lowest BCUT2D eigenvalue weighted by molar-refractivity contribution is 0.0494. The second-order valence-electron chi connectivity index (χ2n) is 4.11. The fraction of sp³-hybridized carbons (Fsp3) is 0.500. The highest BCUT2D eigenvalue weighted by atomic mass is 35.5. The minimum atomic E-state index is -0.906. The van der Waals surface area contributed by atoms with Gasteiger partial charge in [-0.25, -0.2) is 4.98 Å². The first-order valence-electron chi connectivity index (χ1n) is 4.84.